The lowest BCUT2D eigenvalue weighted by molar-refractivity contribution is -0.138. The van der Waals surface area contributed by atoms with Crippen LogP contribution < -0.4 is 4.74 Å². The summed E-state index contributed by atoms with van der Waals surface area (Å²) in [6.07, 6.45) is 2.19. The van der Waals surface area contributed by atoms with Crippen LogP contribution >= 0.6 is 34.8 Å². The zero-order valence-corrected chi connectivity index (χ0v) is 25.2. The minimum atomic E-state index is -3.52. The van der Waals surface area contributed by atoms with E-state index >= 15 is 0 Å². The molecule has 3 aliphatic heterocycles. The zero-order chi connectivity index (χ0) is 28.2. The van der Waals surface area contributed by atoms with Crippen molar-refractivity contribution in [1.82, 2.24) is 23.9 Å². The molecule has 14 heteroatoms. The number of ether oxygens (including phenoxy) is 1. The van der Waals surface area contributed by atoms with Crippen molar-refractivity contribution in [1.29, 1.82) is 0 Å². The Balaban J connectivity index is 1.36. The Hall–Kier alpha value is -1.34. The molecule has 0 aliphatic carbocycles. The molecule has 39 heavy (non-hydrogen) atoms. The number of benzene rings is 1. The molecule has 0 saturated carbocycles. The Morgan fingerprint density at radius 1 is 0.897 bits per heavy atom. The van der Waals surface area contributed by atoms with E-state index in [2.05, 4.69) is 9.80 Å². The van der Waals surface area contributed by atoms with Gasteiger partial charge < -0.3 is 19.4 Å². The number of likely N-dealkylation sites (tertiary alicyclic amines) is 1. The van der Waals surface area contributed by atoms with Crippen LogP contribution in [0, 0.1) is 0 Å². The van der Waals surface area contributed by atoms with E-state index in [1.54, 1.807) is 16.7 Å². The van der Waals surface area contributed by atoms with E-state index in [-0.39, 0.29) is 65.6 Å². The van der Waals surface area contributed by atoms with Crippen LogP contribution in [0.15, 0.2) is 12.1 Å². The minimum absolute atomic E-state index is 0.0103. The summed E-state index contributed by atoms with van der Waals surface area (Å²) in [5.41, 5.74) is 0. The lowest BCUT2D eigenvalue weighted by Crippen LogP contribution is -2.60. The van der Waals surface area contributed by atoms with Gasteiger partial charge in [-0.25, -0.2) is 8.42 Å². The van der Waals surface area contributed by atoms with Gasteiger partial charge in [-0.1, -0.05) is 34.8 Å². The number of hydrogen-bond donors (Lipinski definition) is 0. The number of amides is 2. The van der Waals surface area contributed by atoms with Crippen molar-refractivity contribution in [2.24, 2.45) is 0 Å². The number of hydrogen-bond acceptors (Lipinski definition) is 7. The Bertz CT molecular complexity index is 1140. The number of carbonyl (C=O) groups excluding carboxylic acids is 2. The molecule has 0 aromatic heterocycles. The predicted octanol–water partition coefficient (Wildman–Crippen LogP) is 2.13. The second-order valence-corrected chi connectivity index (χ2v) is 13.6. The first kappa shape index (κ1) is 30.6. The summed E-state index contributed by atoms with van der Waals surface area (Å²) in [4.78, 5) is 32.7. The number of piperazine rings is 2. The highest BCUT2D eigenvalue weighted by molar-refractivity contribution is 7.89. The predicted molar refractivity (Wildman–Crippen MR) is 152 cm³/mol. The number of nitrogens with zero attached hydrogens (tertiary/aromatic N) is 5. The molecule has 3 saturated heterocycles. The number of sulfonamides is 1. The molecule has 1 atom stereocenters. The SMILES string of the molecule is CC(=O)N1CCN(CCS(=O)(=O)N2CCN(C(=O)COc3cc(Cl)c(Cl)cc3Cl)[C@@H](CN3CCCC3)C2)CC1. The summed E-state index contributed by atoms with van der Waals surface area (Å²) in [6.45, 7) is 7.53. The molecule has 0 unspecified atom stereocenters. The molecule has 1 aromatic rings. The van der Waals surface area contributed by atoms with Crippen molar-refractivity contribution >= 4 is 56.6 Å². The average Bonchev–Trinajstić information content (AvgIpc) is 3.42. The Morgan fingerprint density at radius 2 is 1.56 bits per heavy atom. The van der Waals surface area contributed by atoms with Crippen LogP contribution in [0.2, 0.25) is 15.1 Å². The van der Waals surface area contributed by atoms with E-state index in [1.807, 2.05) is 0 Å². The van der Waals surface area contributed by atoms with Crippen molar-refractivity contribution < 1.29 is 22.7 Å². The van der Waals surface area contributed by atoms with E-state index in [0.717, 1.165) is 25.9 Å². The normalized spacial score (nSPS) is 21.9. The lowest BCUT2D eigenvalue weighted by atomic mass is 10.1. The fourth-order valence-electron chi connectivity index (χ4n) is 5.32. The van der Waals surface area contributed by atoms with Crippen LogP contribution in [0.3, 0.4) is 0 Å². The highest BCUT2D eigenvalue weighted by Gasteiger charge is 2.37. The number of rotatable bonds is 9. The van der Waals surface area contributed by atoms with Crippen LogP contribution in [0.4, 0.5) is 0 Å². The summed E-state index contributed by atoms with van der Waals surface area (Å²) in [5.74, 6) is 0.0860. The maximum absolute atomic E-state index is 13.3. The van der Waals surface area contributed by atoms with Gasteiger partial charge in [-0.3, -0.25) is 14.5 Å². The molecular formula is C25H36Cl3N5O5S. The maximum Gasteiger partial charge on any atom is 0.260 e. The fourth-order valence-corrected chi connectivity index (χ4v) is 7.42. The molecule has 4 rings (SSSR count). The van der Waals surface area contributed by atoms with E-state index in [0.29, 0.717) is 44.3 Å². The Kier molecular flexibility index (Phi) is 10.6. The summed E-state index contributed by atoms with van der Waals surface area (Å²) >= 11 is 18.2. The zero-order valence-electron chi connectivity index (χ0n) is 22.2. The van der Waals surface area contributed by atoms with Gasteiger partial charge in [-0.05, 0) is 32.0 Å². The molecule has 1 aromatic carbocycles. The third-order valence-electron chi connectivity index (χ3n) is 7.64. The first-order valence-corrected chi connectivity index (χ1v) is 16.0. The first-order chi connectivity index (χ1) is 18.5. The van der Waals surface area contributed by atoms with Crippen molar-refractivity contribution in [3.63, 3.8) is 0 Å². The highest BCUT2D eigenvalue weighted by atomic mass is 35.5. The summed E-state index contributed by atoms with van der Waals surface area (Å²) < 4.78 is 33.9. The van der Waals surface area contributed by atoms with Gasteiger partial charge in [0.15, 0.2) is 6.61 Å². The van der Waals surface area contributed by atoms with E-state index < -0.39 is 10.0 Å². The van der Waals surface area contributed by atoms with Crippen LogP contribution in [-0.4, -0.2) is 135 Å². The summed E-state index contributed by atoms with van der Waals surface area (Å²) in [6, 6.07) is 2.66. The smallest absolute Gasteiger partial charge is 0.260 e. The van der Waals surface area contributed by atoms with Gasteiger partial charge in [0.1, 0.15) is 5.75 Å². The van der Waals surface area contributed by atoms with Gasteiger partial charge in [0, 0.05) is 71.9 Å². The highest BCUT2D eigenvalue weighted by Crippen LogP contribution is 2.34. The third kappa shape index (κ3) is 8.12. The monoisotopic (exact) mass is 623 g/mol. The standard InChI is InChI=1S/C25H36Cl3N5O5S/c1-19(34)31-8-6-29(7-9-31)12-13-39(36,37)32-10-11-33(20(17-32)16-30-4-2-3-5-30)25(35)18-38-24-15-22(27)21(26)14-23(24)28/h14-15,20H,2-13,16-18H2,1H3/t20-/m0/s1. The summed E-state index contributed by atoms with van der Waals surface area (Å²) in [7, 11) is -3.52. The molecule has 3 fully saturated rings. The molecule has 3 heterocycles. The van der Waals surface area contributed by atoms with E-state index in [4.69, 9.17) is 39.5 Å². The van der Waals surface area contributed by atoms with Gasteiger partial charge in [0.2, 0.25) is 15.9 Å². The lowest BCUT2D eigenvalue weighted by Gasteiger charge is -2.42. The van der Waals surface area contributed by atoms with Gasteiger partial charge in [-0.2, -0.15) is 4.31 Å². The molecule has 218 valence electrons. The third-order valence-corrected chi connectivity index (χ3v) is 10.5. The molecule has 3 aliphatic rings. The maximum atomic E-state index is 13.3. The van der Waals surface area contributed by atoms with E-state index in [9.17, 15) is 18.0 Å². The molecule has 0 radical (unpaired) electrons. The molecule has 0 bridgehead atoms. The second-order valence-electron chi connectivity index (χ2n) is 10.3. The van der Waals surface area contributed by atoms with Crippen LogP contribution in [0.1, 0.15) is 19.8 Å². The second kappa shape index (κ2) is 13.5. The van der Waals surface area contributed by atoms with Crippen LogP contribution in [0.5, 0.6) is 5.75 Å². The number of halogens is 3. The molecule has 0 N–H and O–H groups in total. The Morgan fingerprint density at radius 3 is 2.23 bits per heavy atom. The van der Waals surface area contributed by atoms with E-state index in [1.165, 1.54) is 16.4 Å². The summed E-state index contributed by atoms with van der Waals surface area (Å²) in [5, 5.41) is 0.820. The van der Waals surface area contributed by atoms with Gasteiger partial charge >= 0.3 is 0 Å². The molecule has 0 spiro atoms. The minimum Gasteiger partial charge on any atom is -0.482 e. The molecular weight excluding hydrogens is 589 g/mol. The topological polar surface area (TPSA) is 93.7 Å². The first-order valence-electron chi connectivity index (χ1n) is 13.3. The van der Waals surface area contributed by atoms with Gasteiger partial charge in [0.25, 0.3) is 5.91 Å². The molecule has 2 amide bonds. The van der Waals surface area contributed by atoms with Crippen molar-refractivity contribution in [3.05, 3.63) is 27.2 Å². The van der Waals surface area contributed by atoms with Crippen LogP contribution in [-0.2, 0) is 19.6 Å². The van der Waals surface area contributed by atoms with Gasteiger partial charge in [0.05, 0.1) is 26.9 Å². The van der Waals surface area contributed by atoms with Crippen molar-refractivity contribution in [2.45, 2.75) is 25.8 Å². The van der Waals surface area contributed by atoms with Gasteiger partial charge in [-0.15, -0.1) is 0 Å². The average molecular weight is 625 g/mol. The fraction of sp³-hybridized carbons (Fsp3) is 0.680. The quantitative estimate of drug-likeness (QED) is 0.389. The van der Waals surface area contributed by atoms with Crippen molar-refractivity contribution in [3.8, 4) is 5.75 Å². The molecule has 10 nitrogen and oxygen atoms in total. The number of carbonyl (C=O) groups is 2. The largest absolute Gasteiger partial charge is 0.482 e. The van der Waals surface area contributed by atoms with Crippen LogP contribution in [0.25, 0.3) is 0 Å². The Labute approximate surface area is 245 Å². The van der Waals surface area contributed by atoms with Crippen molar-refractivity contribution in [2.75, 3.05) is 84.4 Å².